The van der Waals surface area contributed by atoms with Crippen LogP contribution in [0.2, 0.25) is 0 Å². The number of aryl methyl sites for hydroxylation is 1. The van der Waals surface area contributed by atoms with Crippen LogP contribution in [-0.4, -0.2) is 34.3 Å². The van der Waals surface area contributed by atoms with Crippen LogP contribution in [0.5, 0.6) is 5.75 Å². The van der Waals surface area contributed by atoms with Crippen molar-refractivity contribution >= 4 is 16.9 Å². The topological polar surface area (TPSA) is 108 Å². The van der Waals surface area contributed by atoms with Crippen LogP contribution in [0.15, 0.2) is 30.6 Å². The minimum absolute atomic E-state index is 0.114. The smallest absolute Gasteiger partial charge is 0.306 e. The Bertz CT molecular complexity index is 1180. The Balaban J connectivity index is 1.75. The SMILES string of the molecule is CCCC1(CC(=O)O)OCCc2c1[nH]c1c(C)c(OCCc3ccncc3)cc(C#N)c21. The monoisotopic (exact) mass is 433 g/mol. The summed E-state index contributed by atoms with van der Waals surface area (Å²) in [5.74, 6) is -0.246. The standard InChI is InChI=1S/C25H27N3O4/c1-3-8-25(14-21(29)30)24-19(7-12-32-25)22-18(15-26)13-20(16(2)23(22)28-24)31-11-6-17-4-9-27-10-5-17/h4-5,9-10,13,28H,3,6-8,11-12,14H2,1-2H3,(H,29,30). The molecule has 32 heavy (non-hydrogen) atoms. The average molecular weight is 434 g/mol. The molecule has 1 unspecified atom stereocenters. The van der Waals surface area contributed by atoms with Crippen LogP contribution >= 0.6 is 0 Å². The number of nitrogens with one attached hydrogen (secondary N) is 1. The summed E-state index contributed by atoms with van der Waals surface area (Å²) in [5.41, 5.74) is 4.26. The first-order valence-corrected chi connectivity index (χ1v) is 10.9. The predicted molar refractivity (Wildman–Crippen MR) is 120 cm³/mol. The Morgan fingerprint density at radius 3 is 2.88 bits per heavy atom. The van der Waals surface area contributed by atoms with Crippen molar-refractivity contribution in [2.75, 3.05) is 13.2 Å². The van der Waals surface area contributed by atoms with Gasteiger partial charge in [0, 0.05) is 29.8 Å². The van der Waals surface area contributed by atoms with E-state index in [1.807, 2.05) is 26.0 Å². The zero-order valence-electron chi connectivity index (χ0n) is 18.4. The highest BCUT2D eigenvalue weighted by atomic mass is 16.5. The second-order valence-electron chi connectivity index (χ2n) is 8.25. The lowest BCUT2D eigenvalue weighted by atomic mass is 9.84. The molecule has 7 heteroatoms. The Labute approximate surface area is 187 Å². The molecule has 0 radical (unpaired) electrons. The van der Waals surface area contributed by atoms with Gasteiger partial charge in [-0.05, 0) is 49.1 Å². The van der Waals surface area contributed by atoms with Gasteiger partial charge in [0.05, 0.1) is 42.5 Å². The number of H-pyrrole nitrogens is 1. The number of fused-ring (bicyclic) bond motifs is 3. The van der Waals surface area contributed by atoms with Crippen LogP contribution in [0.1, 0.15) is 54.1 Å². The van der Waals surface area contributed by atoms with Gasteiger partial charge < -0.3 is 19.6 Å². The number of pyridine rings is 1. The normalized spacial score (nSPS) is 17.7. The van der Waals surface area contributed by atoms with Gasteiger partial charge in [-0.25, -0.2) is 0 Å². The molecule has 1 aromatic carbocycles. The number of aromatic nitrogens is 2. The van der Waals surface area contributed by atoms with Crippen molar-refractivity contribution in [3.63, 3.8) is 0 Å². The van der Waals surface area contributed by atoms with Crippen LogP contribution in [0.4, 0.5) is 0 Å². The number of nitrogens with zero attached hydrogens (tertiary/aromatic N) is 2. The van der Waals surface area contributed by atoms with Crippen molar-refractivity contribution in [2.45, 2.75) is 51.6 Å². The van der Waals surface area contributed by atoms with Gasteiger partial charge >= 0.3 is 5.97 Å². The maximum Gasteiger partial charge on any atom is 0.306 e. The molecule has 3 heterocycles. The fourth-order valence-electron chi connectivity index (χ4n) is 4.75. The van der Waals surface area contributed by atoms with E-state index in [0.29, 0.717) is 37.4 Å². The third-order valence-corrected chi connectivity index (χ3v) is 6.19. The van der Waals surface area contributed by atoms with Crippen molar-refractivity contribution in [2.24, 2.45) is 0 Å². The third-order valence-electron chi connectivity index (χ3n) is 6.19. The number of nitriles is 1. The van der Waals surface area contributed by atoms with Crippen molar-refractivity contribution in [1.29, 1.82) is 5.26 Å². The second kappa shape index (κ2) is 9.01. The highest BCUT2D eigenvalue weighted by Gasteiger charge is 2.42. The van der Waals surface area contributed by atoms with Crippen molar-refractivity contribution in [1.82, 2.24) is 9.97 Å². The highest BCUT2D eigenvalue weighted by Crippen LogP contribution is 2.44. The molecule has 0 saturated carbocycles. The van der Waals surface area contributed by atoms with Gasteiger partial charge in [-0.1, -0.05) is 13.3 Å². The molecule has 0 saturated heterocycles. The predicted octanol–water partition coefficient (Wildman–Crippen LogP) is 4.41. The quantitative estimate of drug-likeness (QED) is 0.545. The molecule has 1 aliphatic heterocycles. The van der Waals surface area contributed by atoms with E-state index in [-0.39, 0.29) is 6.42 Å². The van der Waals surface area contributed by atoms with Gasteiger partial charge in [0.2, 0.25) is 0 Å². The van der Waals surface area contributed by atoms with E-state index in [0.717, 1.165) is 46.1 Å². The number of aliphatic carboxylic acids is 1. The Morgan fingerprint density at radius 2 is 2.19 bits per heavy atom. The molecule has 7 nitrogen and oxygen atoms in total. The van der Waals surface area contributed by atoms with Gasteiger partial charge in [-0.3, -0.25) is 9.78 Å². The van der Waals surface area contributed by atoms with Crippen molar-refractivity contribution < 1.29 is 19.4 Å². The minimum Gasteiger partial charge on any atom is -0.493 e. The zero-order valence-corrected chi connectivity index (χ0v) is 18.4. The number of hydrogen-bond acceptors (Lipinski definition) is 5. The van der Waals surface area contributed by atoms with E-state index in [9.17, 15) is 15.2 Å². The van der Waals surface area contributed by atoms with Gasteiger partial charge in [-0.2, -0.15) is 5.26 Å². The first kappa shape index (κ1) is 21.8. The van der Waals surface area contributed by atoms with Crippen LogP contribution < -0.4 is 4.74 Å². The first-order chi connectivity index (χ1) is 15.5. The summed E-state index contributed by atoms with van der Waals surface area (Å²) in [5, 5.41) is 20.3. The van der Waals surface area contributed by atoms with Crippen LogP contribution in [0, 0.1) is 18.3 Å². The fourth-order valence-corrected chi connectivity index (χ4v) is 4.75. The van der Waals surface area contributed by atoms with Gasteiger partial charge in [0.1, 0.15) is 11.4 Å². The molecule has 2 aromatic heterocycles. The second-order valence-corrected chi connectivity index (χ2v) is 8.25. The molecule has 0 amide bonds. The zero-order chi connectivity index (χ0) is 22.7. The fraction of sp³-hybridized carbons (Fsp3) is 0.400. The van der Waals surface area contributed by atoms with Crippen LogP contribution in [0.25, 0.3) is 10.9 Å². The Kier molecular flexibility index (Phi) is 6.15. The number of carbonyl (C=O) groups is 1. The van der Waals surface area contributed by atoms with E-state index >= 15 is 0 Å². The molecular formula is C25H27N3O4. The summed E-state index contributed by atoms with van der Waals surface area (Å²) in [7, 11) is 0. The molecule has 2 N–H and O–H groups in total. The number of benzene rings is 1. The largest absolute Gasteiger partial charge is 0.493 e. The van der Waals surface area contributed by atoms with Gasteiger partial charge in [0.25, 0.3) is 0 Å². The van der Waals surface area contributed by atoms with E-state index in [1.54, 1.807) is 18.5 Å². The van der Waals surface area contributed by atoms with Gasteiger partial charge in [-0.15, -0.1) is 0 Å². The van der Waals surface area contributed by atoms with Crippen molar-refractivity contribution in [3.8, 4) is 11.8 Å². The summed E-state index contributed by atoms with van der Waals surface area (Å²) in [6.45, 7) is 4.89. The molecule has 1 aliphatic rings. The first-order valence-electron chi connectivity index (χ1n) is 10.9. The summed E-state index contributed by atoms with van der Waals surface area (Å²) in [4.78, 5) is 19.2. The third kappa shape index (κ3) is 3.94. The lowest BCUT2D eigenvalue weighted by Gasteiger charge is -2.36. The Hall–Kier alpha value is -3.37. The van der Waals surface area contributed by atoms with Crippen LogP contribution in [-0.2, 0) is 28.0 Å². The number of carboxylic acids is 1. The van der Waals surface area contributed by atoms with E-state index in [4.69, 9.17) is 9.47 Å². The number of rotatable bonds is 8. The van der Waals surface area contributed by atoms with Crippen LogP contribution in [0.3, 0.4) is 0 Å². The van der Waals surface area contributed by atoms with Gasteiger partial charge in [0.15, 0.2) is 0 Å². The molecule has 0 bridgehead atoms. The number of hydrogen-bond donors (Lipinski definition) is 2. The maximum atomic E-state index is 11.7. The van der Waals surface area contributed by atoms with E-state index in [2.05, 4.69) is 16.0 Å². The van der Waals surface area contributed by atoms with E-state index in [1.165, 1.54) is 0 Å². The van der Waals surface area contributed by atoms with E-state index < -0.39 is 11.6 Å². The number of aromatic amines is 1. The molecule has 3 aromatic rings. The molecule has 0 fully saturated rings. The molecule has 1 atom stereocenters. The summed E-state index contributed by atoms with van der Waals surface area (Å²) >= 11 is 0. The summed E-state index contributed by atoms with van der Waals surface area (Å²) < 4.78 is 12.2. The molecule has 0 spiro atoms. The summed E-state index contributed by atoms with van der Waals surface area (Å²) in [6.07, 6.45) is 6.14. The van der Waals surface area contributed by atoms with Crippen molar-refractivity contribution in [3.05, 3.63) is 58.5 Å². The average Bonchev–Trinajstić information content (AvgIpc) is 3.18. The molecular weight excluding hydrogens is 406 g/mol. The molecule has 166 valence electrons. The highest BCUT2D eigenvalue weighted by molar-refractivity contribution is 5.94. The number of ether oxygens (including phenoxy) is 2. The molecule has 0 aliphatic carbocycles. The minimum atomic E-state index is -0.908. The number of carboxylic acid groups (broad SMARTS) is 1. The summed E-state index contributed by atoms with van der Waals surface area (Å²) in [6, 6.07) is 8.02. The Morgan fingerprint density at radius 1 is 1.41 bits per heavy atom. The lowest BCUT2D eigenvalue weighted by molar-refractivity contribution is -0.149. The maximum absolute atomic E-state index is 11.7. The molecule has 4 rings (SSSR count). The lowest BCUT2D eigenvalue weighted by Crippen LogP contribution is -2.37.